The minimum absolute atomic E-state index is 0.125. The minimum atomic E-state index is -4.89. The summed E-state index contributed by atoms with van der Waals surface area (Å²) in [5, 5.41) is 3.93. The van der Waals surface area contributed by atoms with Gasteiger partial charge in [0.1, 0.15) is 11.5 Å². The number of carbonyl (C=O) groups is 2. The molecule has 0 atom stereocenters. The molecule has 8 nitrogen and oxygen atoms in total. The zero-order valence-corrected chi connectivity index (χ0v) is 20.0. The fourth-order valence-electron chi connectivity index (χ4n) is 4.86. The van der Waals surface area contributed by atoms with Crippen LogP contribution < -0.4 is 9.47 Å². The van der Waals surface area contributed by atoms with E-state index in [4.69, 9.17) is 9.26 Å². The molecule has 0 aliphatic carbocycles. The molecule has 3 heterocycles. The van der Waals surface area contributed by atoms with E-state index in [-0.39, 0.29) is 22.6 Å². The maximum Gasteiger partial charge on any atom is 0.573 e. The highest BCUT2D eigenvalue weighted by Gasteiger charge is 2.48. The highest BCUT2D eigenvalue weighted by molar-refractivity contribution is 5.97. The third-order valence-electron chi connectivity index (χ3n) is 6.90. The Morgan fingerprint density at radius 2 is 1.65 bits per heavy atom. The predicted octanol–water partition coefficient (Wildman–Crippen LogP) is 4.63. The van der Waals surface area contributed by atoms with Crippen molar-refractivity contribution >= 4 is 11.8 Å². The number of nitrogens with zero attached hydrogens (tertiary/aromatic N) is 3. The first-order chi connectivity index (χ1) is 17.7. The quantitative estimate of drug-likeness (QED) is 0.493. The van der Waals surface area contributed by atoms with E-state index in [1.807, 2.05) is 12.1 Å². The van der Waals surface area contributed by atoms with Gasteiger partial charge in [0.05, 0.1) is 12.7 Å². The molecule has 1 aromatic heterocycles. The van der Waals surface area contributed by atoms with Gasteiger partial charge in [-0.25, -0.2) is 0 Å². The lowest BCUT2D eigenvalue weighted by atomic mass is 9.71. The molecule has 0 N–H and O–H groups in total. The smallest absolute Gasteiger partial charge is 0.497 e. The molecule has 11 heteroatoms. The molecule has 0 unspecified atom stereocenters. The first-order valence-electron chi connectivity index (χ1n) is 11.7. The number of alkyl halides is 3. The lowest BCUT2D eigenvalue weighted by molar-refractivity contribution is -0.274. The van der Waals surface area contributed by atoms with Crippen LogP contribution in [0.15, 0.2) is 59.1 Å². The molecule has 37 heavy (non-hydrogen) atoms. The summed E-state index contributed by atoms with van der Waals surface area (Å²) in [6, 6.07) is 14.2. The van der Waals surface area contributed by atoms with Gasteiger partial charge >= 0.3 is 6.36 Å². The van der Waals surface area contributed by atoms with Crippen LogP contribution in [-0.2, 0) is 0 Å². The zero-order valence-electron chi connectivity index (χ0n) is 20.0. The molecule has 2 amide bonds. The molecule has 2 fully saturated rings. The number of likely N-dealkylation sites (tertiary alicyclic amines) is 2. The lowest BCUT2D eigenvalue weighted by Crippen LogP contribution is -2.62. The number of ether oxygens (including phenoxy) is 2. The van der Waals surface area contributed by atoms with E-state index in [9.17, 15) is 22.8 Å². The van der Waals surface area contributed by atoms with Crippen LogP contribution in [0.5, 0.6) is 11.5 Å². The number of amides is 2. The number of piperidine rings is 1. The number of hydrogen-bond donors (Lipinski definition) is 0. The molecule has 2 aromatic carbocycles. The van der Waals surface area contributed by atoms with Crippen LogP contribution >= 0.6 is 0 Å². The Balaban J connectivity index is 1.17. The Hall–Kier alpha value is -4.02. The maximum absolute atomic E-state index is 12.9. The lowest BCUT2D eigenvalue weighted by Gasteiger charge is -2.53. The van der Waals surface area contributed by atoms with Crippen molar-refractivity contribution in [1.29, 1.82) is 0 Å². The normalized spacial score (nSPS) is 16.9. The molecule has 194 valence electrons. The van der Waals surface area contributed by atoms with Gasteiger partial charge in [-0.05, 0) is 49.2 Å². The van der Waals surface area contributed by atoms with E-state index in [0.29, 0.717) is 50.5 Å². The van der Waals surface area contributed by atoms with Gasteiger partial charge < -0.3 is 23.8 Å². The standard InChI is InChI=1S/C26H24F3N3O5/c1-35-18-8-6-17(7-9-18)22-14-20(30-37-22)24(34)32-15-25(16-32)10-12-31(13-11-25)23(33)19-4-2-3-5-21(19)36-26(27,28)29/h2-9,14H,10-13,15-16H2,1H3. The van der Waals surface area contributed by atoms with E-state index in [1.165, 1.54) is 23.1 Å². The fraction of sp³-hybridized carbons (Fsp3) is 0.346. The summed E-state index contributed by atoms with van der Waals surface area (Å²) in [7, 11) is 1.58. The maximum atomic E-state index is 12.9. The molecule has 1 spiro atoms. The second-order valence-corrected chi connectivity index (χ2v) is 9.30. The van der Waals surface area contributed by atoms with Crippen LogP contribution in [0, 0.1) is 5.41 Å². The molecular weight excluding hydrogens is 491 g/mol. The second-order valence-electron chi connectivity index (χ2n) is 9.30. The molecule has 0 radical (unpaired) electrons. The number of methoxy groups -OCH3 is 1. The molecular formula is C26H24F3N3O5. The number of carbonyl (C=O) groups excluding carboxylic acids is 2. The molecule has 2 saturated heterocycles. The zero-order chi connectivity index (χ0) is 26.2. The van der Waals surface area contributed by atoms with Crippen LogP contribution in [0.25, 0.3) is 11.3 Å². The molecule has 0 bridgehead atoms. The summed E-state index contributed by atoms with van der Waals surface area (Å²) >= 11 is 0. The van der Waals surface area contributed by atoms with Gasteiger partial charge in [0.15, 0.2) is 11.5 Å². The average Bonchev–Trinajstić information content (AvgIpc) is 3.36. The van der Waals surface area contributed by atoms with Gasteiger partial charge in [0.25, 0.3) is 11.8 Å². The van der Waals surface area contributed by atoms with E-state index in [1.54, 1.807) is 30.2 Å². The van der Waals surface area contributed by atoms with Gasteiger partial charge in [0, 0.05) is 43.2 Å². The Kier molecular flexibility index (Phi) is 6.30. The van der Waals surface area contributed by atoms with E-state index in [2.05, 4.69) is 9.89 Å². The first-order valence-corrected chi connectivity index (χ1v) is 11.7. The van der Waals surface area contributed by atoms with Crippen LogP contribution in [-0.4, -0.2) is 66.4 Å². The summed E-state index contributed by atoms with van der Waals surface area (Å²) in [4.78, 5) is 29.1. The van der Waals surface area contributed by atoms with Gasteiger partial charge in [0.2, 0.25) is 0 Å². The number of halogens is 3. The SMILES string of the molecule is COc1ccc(-c2cc(C(=O)N3CC4(CCN(C(=O)c5ccccc5OC(F)(F)F)CC4)C3)no2)cc1. The number of aromatic nitrogens is 1. The van der Waals surface area contributed by atoms with Crippen LogP contribution in [0.4, 0.5) is 13.2 Å². The Morgan fingerprint density at radius 3 is 2.30 bits per heavy atom. The highest BCUT2D eigenvalue weighted by atomic mass is 19.4. The van der Waals surface area contributed by atoms with Crippen molar-refractivity contribution in [3.05, 3.63) is 65.9 Å². The molecule has 3 aromatic rings. The van der Waals surface area contributed by atoms with Crippen molar-refractivity contribution in [2.75, 3.05) is 33.3 Å². The van der Waals surface area contributed by atoms with Crippen LogP contribution in [0.1, 0.15) is 33.7 Å². The van der Waals surface area contributed by atoms with Crippen molar-refractivity contribution in [3.8, 4) is 22.8 Å². The summed E-state index contributed by atoms with van der Waals surface area (Å²) in [5.74, 6) is -0.0660. The van der Waals surface area contributed by atoms with Crippen LogP contribution in [0.2, 0.25) is 0 Å². The van der Waals surface area contributed by atoms with Gasteiger partial charge in [-0.1, -0.05) is 17.3 Å². The van der Waals surface area contributed by atoms with Crippen molar-refractivity contribution < 1.29 is 36.8 Å². The van der Waals surface area contributed by atoms with E-state index < -0.39 is 18.0 Å². The number of hydrogen-bond acceptors (Lipinski definition) is 6. The molecule has 0 saturated carbocycles. The Labute approximate surface area is 210 Å². The number of rotatable bonds is 5. The van der Waals surface area contributed by atoms with Crippen LogP contribution in [0.3, 0.4) is 0 Å². The third-order valence-corrected chi connectivity index (χ3v) is 6.90. The predicted molar refractivity (Wildman–Crippen MR) is 125 cm³/mol. The summed E-state index contributed by atoms with van der Waals surface area (Å²) < 4.78 is 52.7. The van der Waals surface area contributed by atoms with Gasteiger partial charge in [-0.2, -0.15) is 0 Å². The minimum Gasteiger partial charge on any atom is -0.497 e. The summed E-state index contributed by atoms with van der Waals surface area (Å²) in [6.07, 6.45) is -3.61. The van der Waals surface area contributed by atoms with Gasteiger partial charge in [-0.15, -0.1) is 13.2 Å². The average molecular weight is 515 g/mol. The fourth-order valence-corrected chi connectivity index (χ4v) is 4.86. The topological polar surface area (TPSA) is 85.1 Å². The van der Waals surface area contributed by atoms with Crippen molar-refractivity contribution in [3.63, 3.8) is 0 Å². The molecule has 2 aliphatic heterocycles. The Bertz CT molecular complexity index is 1290. The summed E-state index contributed by atoms with van der Waals surface area (Å²) in [5.41, 5.74) is 0.734. The van der Waals surface area contributed by atoms with E-state index in [0.717, 1.165) is 11.6 Å². The van der Waals surface area contributed by atoms with Gasteiger partial charge in [-0.3, -0.25) is 9.59 Å². The van der Waals surface area contributed by atoms with Crippen molar-refractivity contribution in [2.45, 2.75) is 19.2 Å². The number of benzene rings is 2. The molecule has 2 aliphatic rings. The Morgan fingerprint density at radius 1 is 0.973 bits per heavy atom. The number of para-hydroxylation sites is 1. The molecule has 5 rings (SSSR count). The second kappa shape index (κ2) is 9.45. The summed E-state index contributed by atoms with van der Waals surface area (Å²) in [6.45, 7) is 1.80. The largest absolute Gasteiger partial charge is 0.573 e. The third kappa shape index (κ3) is 5.11. The first kappa shape index (κ1) is 24.7. The van der Waals surface area contributed by atoms with Crippen molar-refractivity contribution in [1.82, 2.24) is 15.0 Å². The highest BCUT2D eigenvalue weighted by Crippen LogP contribution is 2.41. The van der Waals surface area contributed by atoms with E-state index >= 15 is 0 Å². The monoisotopic (exact) mass is 515 g/mol. The van der Waals surface area contributed by atoms with Crippen molar-refractivity contribution in [2.24, 2.45) is 5.41 Å².